The van der Waals surface area contributed by atoms with E-state index in [2.05, 4.69) is 5.32 Å². The maximum Gasteiger partial charge on any atom is 0.147 e. The predicted molar refractivity (Wildman–Crippen MR) is 53.5 cm³/mol. The molecule has 0 bridgehead atoms. The first kappa shape index (κ1) is 12.9. The lowest BCUT2D eigenvalue weighted by Crippen LogP contribution is -2.19. The molecular formula is C8H19NO3S. The van der Waals surface area contributed by atoms with E-state index in [-0.39, 0.29) is 12.4 Å². The average molecular weight is 209 g/mol. The molecule has 0 unspecified atom stereocenters. The first-order valence-corrected chi connectivity index (χ1v) is 6.61. The quantitative estimate of drug-likeness (QED) is 0.543. The van der Waals surface area contributed by atoms with Crippen LogP contribution < -0.4 is 5.32 Å². The number of nitrogens with one attached hydrogen (secondary N) is 1. The summed E-state index contributed by atoms with van der Waals surface area (Å²) in [7, 11) is -2.80. The normalized spacial score (nSPS) is 11.8. The molecule has 0 radical (unpaired) electrons. The third kappa shape index (κ3) is 11.9. The van der Waals surface area contributed by atoms with Gasteiger partial charge in [-0.3, -0.25) is 0 Å². The van der Waals surface area contributed by atoms with Crippen LogP contribution in [0.25, 0.3) is 0 Å². The standard InChI is InChI=1S/C8H19NO3S/c1-13(11,12)8-4-6-9-5-2-3-7-10/h9-10H,2-8H2,1H3. The Kier molecular flexibility index (Phi) is 7.22. The smallest absolute Gasteiger partial charge is 0.147 e. The Bertz CT molecular complexity index is 201. The lowest BCUT2D eigenvalue weighted by molar-refractivity contribution is 0.284. The van der Waals surface area contributed by atoms with E-state index >= 15 is 0 Å². The van der Waals surface area contributed by atoms with Gasteiger partial charge in [-0.2, -0.15) is 0 Å². The van der Waals surface area contributed by atoms with E-state index in [4.69, 9.17) is 5.11 Å². The van der Waals surface area contributed by atoms with E-state index in [9.17, 15) is 8.42 Å². The van der Waals surface area contributed by atoms with Crippen molar-refractivity contribution in [3.63, 3.8) is 0 Å². The SMILES string of the molecule is CS(=O)(=O)CCCNCCCCO. The highest BCUT2D eigenvalue weighted by molar-refractivity contribution is 7.90. The van der Waals surface area contributed by atoms with E-state index < -0.39 is 9.84 Å². The molecule has 0 saturated heterocycles. The molecule has 0 rings (SSSR count). The number of unbranched alkanes of at least 4 members (excludes halogenated alkanes) is 1. The minimum absolute atomic E-state index is 0.227. The zero-order valence-corrected chi connectivity index (χ0v) is 8.94. The van der Waals surface area contributed by atoms with E-state index in [1.807, 2.05) is 0 Å². The van der Waals surface area contributed by atoms with Gasteiger partial charge >= 0.3 is 0 Å². The second-order valence-electron chi connectivity index (χ2n) is 3.16. The minimum atomic E-state index is -2.80. The molecule has 0 aromatic heterocycles. The van der Waals surface area contributed by atoms with Crippen molar-refractivity contribution in [2.75, 3.05) is 31.7 Å². The second kappa shape index (κ2) is 7.29. The van der Waals surface area contributed by atoms with Gasteiger partial charge < -0.3 is 10.4 Å². The third-order valence-corrected chi connectivity index (χ3v) is 2.66. The van der Waals surface area contributed by atoms with Crippen LogP contribution in [0.5, 0.6) is 0 Å². The second-order valence-corrected chi connectivity index (χ2v) is 5.42. The van der Waals surface area contributed by atoms with Crippen molar-refractivity contribution in [3.8, 4) is 0 Å². The highest BCUT2D eigenvalue weighted by Crippen LogP contribution is 1.88. The molecule has 5 heteroatoms. The number of rotatable bonds is 8. The van der Waals surface area contributed by atoms with Gasteiger partial charge in [-0.1, -0.05) is 0 Å². The summed E-state index contributed by atoms with van der Waals surface area (Å²) in [5.74, 6) is 0.250. The number of aliphatic hydroxyl groups excluding tert-OH is 1. The molecule has 0 heterocycles. The molecule has 0 spiro atoms. The van der Waals surface area contributed by atoms with Gasteiger partial charge in [0.05, 0.1) is 5.75 Å². The molecule has 0 atom stereocenters. The first-order chi connectivity index (χ1) is 6.06. The summed E-state index contributed by atoms with van der Waals surface area (Å²) in [5, 5.41) is 11.6. The highest BCUT2D eigenvalue weighted by Gasteiger charge is 1.99. The summed E-state index contributed by atoms with van der Waals surface area (Å²) < 4.78 is 21.4. The molecule has 0 aliphatic heterocycles. The fourth-order valence-corrected chi connectivity index (χ4v) is 1.61. The van der Waals surface area contributed by atoms with Crippen molar-refractivity contribution in [1.82, 2.24) is 5.32 Å². The topological polar surface area (TPSA) is 66.4 Å². The molecule has 2 N–H and O–H groups in total. The first-order valence-electron chi connectivity index (χ1n) is 4.55. The molecule has 0 fully saturated rings. The fourth-order valence-electron chi connectivity index (χ4n) is 0.946. The fraction of sp³-hybridized carbons (Fsp3) is 1.00. The van der Waals surface area contributed by atoms with Crippen LogP contribution in [0.3, 0.4) is 0 Å². The maximum atomic E-state index is 10.7. The van der Waals surface area contributed by atoms with Crippen LogP contribution in [0, 0.1) is 0 Å². The van der Waals surface area contributed by atoms with Crippen molar-refractivity contribution in [1.29, 1.82) is 0 Å². The van der Waals surface area contributed by atoms with Gasteiger partial charge in [0.15, 0.2) is 0 Å². The summed E-state index contributed by atoms with van der Waals surface area (Å²) in [6.07, 6.45) is 3.66. The van der Waals surface area contributed by atoms with E-state index in [1.54, 1.807) is 0 Å². The van der Waals surface area contributed by atoms with Gasteiger partial charge in [-0.25, -0.2) is 8.42 Å². The molecule has 0 aliphatic carbocycles. The molecular weight excluding hydrogens is 190 g/mol. The van der Waals surface area contributed by atoms with Gasteiger partial charge in [0, 0.05) is 12.9 Å². The summed E-state index contributed by atoms with van der Waals surface area (Å²) in [6.45, 7) is 1.81. The molecule has 0 saturated carbocycles. The minimum Gasteiger partial charge on any atom is -0.396 e. The van der Waals surface area contributed by atoms with E-state index in [0.29, 0.717) is 6.42 Å². The summed E-state index contributed by atoms with van der Waals surface area (Å²) in [6, 6.07) is 0. The zero-order valence-electron chi connectivity index (χ0n) is 8.12. The van der Waals surface area contributed by atoms with Gasteiger partial charge in [0.1, 0.15) is 9.84 Å². The lowest BCUT2D eigenvalue weighted by Gasteiger charge is -2.02. The van der Waals surface area contributed by atoms with Crippen molar-refractivity contribution in [3.05, 3.63) is 0 Å². The van der Waals surface area contributed by atoms with Gasteiger partial charge in [0.25, 0.3) is 0 Å². The van der Waals surface area contributed by atoms with Crippen LogP contribution in [0.2, 0.25) is 0 Å². The Balaban J connectivity index is 3.09. The Morgan fingerprint density at radius 2 is 1.77 bits per heavy atom. The Morgan fingerprint density at radius 3 is 2.31 bits per heavy atom. The van der Waals surface area contributed by atoms with Crippen LogP contribution in [0.15, 0.2) is 0 Å². The number of hydrogen-bond acceptors (Lipinski definition) is 4. The number of aliphatic hydroxyl groups is 1. The van der Waals surface area contributed by atoms with Crippen molar-refractivity contribution in [2.45, 2.75) is 19.3 Å². The molecule has 13 heavy (non-hydrogen) atoms. The third-order valence-electron chi connectivity index (χ3n) is 1.63. The Morgan fingerprint density at radius 1 is 1.15 bits per heavy atom. The van der Waals surface area contributed by atoms with Crippen LogP contribution in [-0.2, 0) is 9.84 Å². The molecule has 80 valence electrons. The van der Waals surface area contributed by atoms with Crippen LogP contribution in [0.1, 0.15) is 19.3 Å². The average Bonchev–Trinajstić information content (AvgIpc) is 2.01. The molecule has 4 nitrogen and oxygen atoms in total. The summed E-state index contributed by atoms with van der Waals surface area (Å²) in [4.78, 5) is 0. The molecule has 0 aliphatic rings. The van der Waals surface area contributed by atoms with Crippen LogP contribution in [0.4, 0.5) is 0 Å². The lowest BCUT2D eigenvalue weighted by atomic mass is 10.3. The molecule has 0 aromatic carbocycles. The van der Waals surface area contributed by atoms with Gasteiger partial charge in [-0.05, 0) is 32.4 Å². The maximum absolute atomic E-state index is 10.7. The van der Waals surface area contributed by atoms with Gasteiger partial charge in [0.2, 0.25) is 0 Å². The Hall–Kier alpha value is -0.130. The van der Waals surface area contributed by atoms with E-state index in [0.717, 1.165) is 25.9 Å². The zero-order chi connectivity index (χ0) is 10.2. The molecule has 0 aromatic rings. The van der Waals surface area contributed by atoms with Crippen molar-refractivity contribution in [2.24, 2.45) is 0 Å². The highest BCUT2D eigenvalue weighted by atomic mass is 32.2. The summed E-state index contributed by atoms with van der Waals surface area (Å²) in [5.41, 5.74) is 0. The Labute approximate surface area is 80.3 Å². The number of sulfone groups is 1. The monoisotopic (exact) mass is 209 g/mol. The largest absolute Gasteiger partial charge is 0.396 e. The molecule has 0 amide bonds. The van der Waals surface area contributed by atoms with E-state index in [1.165, 1.54) is 6.26 Å². The van der Waals surface area contributed by atoms with Crippen LogP contribution in [-0.4, -0.2) is 45.2 Å². The number of hydrogen-bond donors (Lipinski definition) is 2. The van der Waals surface area contributed by atoms with Gasteiger partial charge in [-0.15, -0.1) is 0 Å². The summed E-state index contributed by atoms with van der Waals surface area (Å²) >= 11 is 0. The van der Waals surface area contributed by atoms with Crippen LogP contribution >= 0.6 is 0 Å². The van der Waals surface area contributed by atoms with Crippen molar-refractivity contribution >= 4 is 9.84 Å². The predicted octanol–water partition coefficient (Wildman–Crippen LogP) is -0.217. The van der Waals surface area contributed by atoms with Crippen molar-refractivity contribution < 1.29 is 13.5 Å².